The Morgan fingerprint density at radius 1 is 1.27 bits per heavy atom. The number of methoxy groups -OCH3 is 1. The second-order valence-electron chi connectivity index (χ2n) is 8.63. The molecule has 1 aromatic heterocycles. The van der Waals surface area contributed by atoms with Crippen LogP contribution in [-0.4, -0.2) is 18.6 Å². The number of hydrogen-bond acceptors (Lipinski definition) is 4. The molecule has 0 saturated heterocycles. The van der Waals surface area contributed by atoms with Gasteiger partial charge in [-0.1, -0.05) is 48.9 Å². The van der Waals surface area contributed by atoms with E-state index in [0.29, 0.717) is 17.5 Å². The highest BCUT2D eigenvalue weighted by Crippen LogP contribution is 2.43. The van der Waals surface area contributed by atoms with Crippen LogP contribution in [0.2, 0.25) is 5.02 Å². The smallest absolute Gasteiger partial charge is 0.187 e. The predicted octanol–water partition coefficient (Wildman–Crippen LogP) is 7.60. The van der Waals surface area contributed by atoms with Gasteiger partial charge in [0.15, 0.2) is 5.13 Å². The maximum atomic E-state index is 13.7. The molecule has 1 aliphatic carbocycles. The lowest BCUT2D eigenvalue weighted by Gasteiger charge is -2.36. The third kappa shape index (κ3) is 5.03. The molecule has 33 heavy (non-hydrogen) atoms. The molecule has 6 heteroatoms. The molecule has 2 aromatic carbocycles. The van der Waals surface area contributed by atoms with E-state index >= 15 is 0 Å². The fourth-order valence-corrected chi connectivity index (χ4v) is 5.62. The van der Waals surface area contributed by atoms with E-state index in [9.17, 15) is 4.39 Å². The molecule has 0 aliphatic heterocycles. The largest absolute Gasteiger partial charge is 0.496 e. The molecule has 3 aromatic rings. The number of halogens is 2. The molecule has 0 bridgehead atoms. The van der Waals surface area contributed by atoms with Crippen LogP contribution in [0.4, 0.5) is 9.52 Å². The lowest BCUT2D eigenvalue weighted by atomic mass is 9.79. The average Bonchev–Trinajstić information content (AvgIpc) is 3.15. The summed E-state index contributed by atoms with van der Waals surface area (Å²) in [5.74, 6) is 3.99. The lowest BCUT2D eigenvalue weighted by Crippen LogP contribution is -2.32. The van der Waals surface area contributed by atoms with Crippen LogP contribution in [0.5, 0.6) is 5.75 Å². The van der Waals surface area contributed by atoms with Gasteiger partial charge in [-0.2, -0.15) is 0 Å². The van der Waals surface area contributed by atoms with Crippen molar-refractivity contribution in [2.45, 2.75) is 45.6 Å². The minimum absolute atomic E-state index is 0.0402. The number of aryl methyl sites for hydroxylation is 2. The topological polar surface area (TPSA) is 25.4 Å². The van der Waals surface area contributed by atoms with Gasteiger partial charge in [-0.15, -0.1) is 17.8 Å². The molecule has 1 saturated carbocycles. The Labute approximate surface area is 204 Å². The number of terminal acetylenes is 1. The van der Waals surface area contributed by atoms with Gasteiger partial charge < -0.3 is 9.64 Å². The van der Waals surface area contributed by atoms with Crippen molar-refractivity contribution in [3.63, 3.8) is 0 Å². The van der Waals surface area contributed by atoms with Gasteiger partial charge in [0.2, 0.25) is 0 Å². The van der Waals surface area contributed by atoms with E-state index in [2.05, 4.69) is 17.7 Å². The maximum Gasteiger partial charge on any atom is 0.187 e. The quantitative estimate of drug-likeness (QED) is 0.309. The van der Waals surface area contributed by atoms with Crippen molar-refractivity contribution >= 4 is 28.1 Å². The number of benzene rings is 2. The third-order valence-corrected chi connectivity index (χ3v) is 7.77. The fraction of sp³-hybridized carbons (Fsp3) is 0.370. The number of rotatable bonds is 8. The van der Waals surface area contributed by atoms with Crippen LogP contribution in [0, 0.1) is 37.9 Å². The Balaban J connectivity index is 1.75. The van der Waals surface area contributed by atoms with Crippen LogP contribution in [0.15, 0.2) is 36.4 Å². The van der Waals surface area contributed by atoms with Gasteiger partial charge in [0, 0.05) is 10.4 Å². The molecule has 0 unspecified atom stereocenters. The van der Waals surface area contributed by atoms with Gasteiger partial charge in [-0.05, 0) is 61.6 Å². The van der Waals surface area contributed by atoms with Crippen molar-refractivity contribution < 1.29 is 9.13 Å². The molecular weight excluding hydrogens is 455 g/mol. The van der Waals surface area contributed by atoms with E-state index in [1.54, 1.807) is 18.4 Å². The summed E-state index contributed by atoms with van der Waals surface area (Å²) in [5, 5.41) is 1.46. The van der Waals surface area contributed by atoms with E-state index < -0.39 is 0 Å². The minimum atomic E-state index is -0.235. The van der Waals surface area contributed by atoms with Crippen LogP contribution in [0.25, 0.3) is 11.3 Å². The molecule has 1 heterocycles. The number of anilines is 1. The number of thiazole rings is 1. The second kappa shape index (κ2) is 10.2. The van der Waals surface area contributed by atoms with Crippen molar-refractivity contribution in [2.24, 2.45) is 5.92 Å². The summed E-state index contributed by atoms with van der Waals surface area (Å²) >= 11 is 8.22. The third-order valence-electron chi connectivity index (χ3n) is 6.44. The lowest BCUT2D eigenvalue weighted by molar-refractivity contribution is 0.273. The summed E-state index contributed by atoms with van der Waals surface area (Å²) in [7, 11) is 1.64. The van der Waals surface area contributed by atoms with E-state index in [4.69, 9.17) is 27.7 Å². The number of ether oxygens (including phenoxy) is 1. The van der Waals surface area contributed by atoms with Crippen molar-refractivity contribution in [3.05, 3.63) is 63.2 Å². The van der Waals surface area contributed by atoms with Crippen molar-refractivity contribution in [3.8, 4) is 29.4 Å². The SMILES string of the molecule is C#CCN(c1nc(-c2cc(C)c(OC)cc2Cl)c(C)s1)[C@@H](CC1CCC1)c1ccc(F)cc1. The summed E-state index contributed by atoms with van der Waals surface area (Å²) in [4.78, 5) is 8.28. The summed E-state index contributed by atoms with van der Waals surface area (Å²) in [6.07, 6.45) is 10.5. The Kier molecular flexibility index (Phi) is 7.26. The monoisotopic (exact) mass is 482 g/mol. The van der Waals surface area contributed by atoms with Crippen LogP contribution in [0.1, 0.15) is 47.7 Å². The normalized spacial score (nSPS) is 14.4. The summed E-state index contributed by atoms with van der Waals surface area (Å²) in [6, 6.07) is 10.7. The Hall–Kier alpha value is -2.55. The average molecular weight is 483 g/mol. The molecule has 3 nitrogen and oxygen atoms in total. The minimum Gasteiger partial charge on any atom is -0.496 e. The zero-order chi connectivity index (χ0) is 23.5. The Morgan fingerprint density at radius 3 is 2.61 bits per heavy atom. The summed E-state index contributed by atoms with van der Waals surface area (Å²) in [5.41, 5.74) is 3.80. The molecular formula is C27H28ClFN2OS. The van der Waals surface area contributed by atoms with Crippen LogP contribution < -0.4 is 9.64 Å². The van der Waals surface area contributed by atoms with Gasteiger partial charge in [0.25, 0.3) is 0 Å². The van der Waals surface area contributed by atoms with Gasteiger partial charge in [0.1, 0.15) is 11.6 Å². The van der Waals surface area contributed by atoms with E-state index in [1.165, 1.54) is 31.4 Å². The van der Waals surface area contributed by atoms with Gasteiger partial charge in [-0.25, -0.2) is 9.37 Å². The highest BCUT2D eigenvalue weighted by molar-refractivity contribution is 7.16. The molecule has 4 rings (SSSR count). The molecule has 0 N–H and O–H groups in total. The van der Waals surface area contributed by atoms with Gasteiger partial charge in [-0.3, -0.25) is 0 Å². The maximum absolute atomic E-state index is 13.7. The fourth-order valence-electron chi connectivity index (χ4n) is 4.40. The molecule has 172 valence electrons. The molecule has 1 fully saturated rings. The number of nitrogens with zero attached hydrogens (tertiary/aromatic N) is 2. The van der Waals surface area contributed by atoms with Crippen LogP contribution in [-0.2, 0) is 0 Å². The van der Waals surface area contributed by atoms with Gasteiger partial charge >= 0.3 is 0 Å². The zero-order valence-electron chi connectivity index (χ0n) is 19.2. The van der Waals surface area contributed by atoms with E-state index in [1.807, 2.05) is 31.2 Å². The van der Waals surface area contributed by atoms with Crippen molar-refractivity contribution in [2.75, 3.05) is 18.6 Å². The first-order chi connectivity index (χ1) is 15.9. The van der Waals surface area contributed by atoms with Gasteiger partial charge in [0.05, 0.1) is 30.4 Å². The van der Waals surface area contributed by atoms with Crippen molar-refractivity contribution in [1.29, 1.82) is 0 Å². The standard InChI is InChI=1S/C27H28ClFN2OS/c1-5-13-31(24(15-19-7-6-8-19)20-9-11-21(29)12-10-20)27-30-26(18(3)33-27)22-14-17(2)25(32-4)16-23(22)28/h1,9-12,14,16,19,24H,6-8,13,15H2,2-4H3/t24-/m0/s1. The highest BCUT2D eigenvalue weighted by Gasteiger charge is 2.29. The first-order valence-corrected chi connectivity index (χ1v) is 12.4. The zero-order valence-corrected chi connectivity index (χ0v) is 20.8. The van der Waals surface area contributed by atoms with Crippen LogP contribution >= 0.6 is 22.9 Å². The van der Waals surface area contributed by atoms with Crippen molar-refractivity contribution in [1.82, 2.24) is 4.98 Å². The number of hydrogen-bond donors (Lipinski definition) is 0. The number of aromatic nitrogens is 1. The molecule has 0 spiro atoms. The predicted molar refractivity (Wildman–Crippen MR) is 136 cm³/mol. The highest BCUT2D eigenvalue weighted by atomic mass is 35.5. The molecule has 1 atom stereocenters. The first-order valence-electron chi connectivity index (χ1n) is 11.2. The van der Waals surface area contributed by atoms with E-state index in [0.717, 1.165) is 44.6 Å². The van der Waals surface area contributed by atoms with E-state index in [-0.39, 0.29) is 11.9 Å². The summed E-state index contributed by atoms with van der Waals surface area (Å²) in [6.45, 7) is 4.48. The second-order valence-corrected chi connectivity index (χ2v) is 10.2. The Morgan fingerprint density at radius 2 is 2.00 bits per heavy atom. The molecule has 1 aliphatic rings. The first kappa shape index (κ1) is 23.6. The summed E-state index contributed by atoms with van der Waals surface area (Å²) < 4.78 is 19.1. The molecule has 0 amide bonds. The van der Waals surface area contributed by atoms with Crippen LogP contribution in [0.3, 0.4) is 0 Å². The molecule has 0 radical (unpaired) electrons. The Bertz CT molecular complexity index is 1160.